The molecule has 0 aromatic rings. The van der Waals surface area contributed by atoms with Crippen molar-refractivity contribution in [2.24, 2.45) is 5.73 Å². The molecule has 19 heavy (non-hydrogen) atoms. The number of esters is 1. The summed E-state index contributed by atoms with van der Waals surface area (Å²) in [6.45, 7) is 9.55. The van der Waals surface area contributed by atoms with Gasteiger partial charge in [-0.25, -0.2) is 0 Å². The van der Waals surface area contributed by atoms with Crippen LogP contribution in [0.5, 0.6) is 0 Å². The Balaban J connectivity index is 2.61. The quantitative estimate of drug-likeness (QED) is 0.779. The van der Waals surface area contributed by atoms with E-state index < -0.39 is 5.54 Å². The molecule has 0 aliphatic carbocycles. The van der Waals surface area contributed by atoms with Gasteiger partial charge in [0.2, 0.25) is 0 Å². The van der Waals surface area contributed by atoms with Crippen molar-refractivity contribution >= 4 is 5.97 Å². The number of rotatable bonds is 5. The predicted molar refractivity (Wildman–Crippen MR) is 77.9 cm³/mol. The number of carbonyl (C=O) groups excluding carboxylic acids is 1. The molecule has 1 aliphatic rings. The molecule has 3 unspecified atom stereocenters. The summed E-state index contributed by atoms with van der Waals surface area (Å²) in [5.41, 5.74) is 5.25. The van der Waals surface area contributed by atoms with Crippen LogP contribution in [0.3, 0.4) is 0 Å². The van der Waals surface area contributed by atoms with Gasteiger partial charge in [0.15, 0.2) is 0 Å². The van der Waals surface area contributed by atoms with Crippen molar-refractivity contribution in [3.8, 4) is 0 Å². The second-order valence-electron chi connectivity index (χ2n) is 6.13. The molecule has 0 amide bonds. The minimum Gasteiger partial charge on any atom is -0.465 e. The second kappa shape index (κ2) is 7.25. The normalized spacial score (nSPS) is 26.3. The molecule has 1 saturated heterocycles. The topological polar surface area (TPSA) is 55.6 Å². The highest BCUT2D eigenvalue weighted by molar-refractivity contribution is 5.80. The van der Waals surface area contributed by atoms with Crippen LogP contribution in [0.1, 0.15) is 59.8 Å². The monoisotopic (exact) mass is 270 g/mol. The first-order chi connectivity index (χ1) is 8.88. The third-order valence-corrected chi connectivity index (χ3v) is 4.13. The molecule has 1 aliphatic heterocycles. The van der Waals surface area contributed by atoms with Gasteiger partial charge in [-0.2, -0.15) is 0 Å². The Kier molecular flexibility index (Phi) is 6.27. The summed E-state index contributed by atoms with van der Waals surface area (Å²) < 4.78 is 5.06. The van der Waals surface area contributed by atoms with E-state index in [-0.39, 0.29) is 5.97 Å². The van der Waals surface area contributed by atoms with Crippen LogP contribution in [-0.2, 0) is 9.53 Å². The Morgan fingerprint density at radius 1 is 1.47 bits per heavy atom. The van der Waals surface area contributed by atoms with Crippen LogP contribution in [0.4, 0.5) is 0 Å². The summed E-state index contributed by atoms with van der Waals surface area (Å²) in [7, 11) is 0. The van der Waals surface area contributed by atoms with Crippen molar-refractivity contribution in [2.75, 3.05) is 13.2 Å². The number of ether oxygens (including phenoxy) is 1. The highest BCUT2D eigenvalue weighted by atomic mass is 16.5. The van der Waals surface area contributed by atoms with Gasteiger partial charge >= 0.3 is 5.97 Å². The lowest BCUT2D eigenvalue weighted by atomic mass is 9.93. The van der Waals surface area contributed by atoms with Crippen molar-refractivity contribution in [1.29, 1.82) is 0 Å². The number of hydrogen-bond acceptors (Lipinski definition) is 4. The molecule has 2 N–H and O–H groups in total. The molecule has 0 bridgehead atoms. The van der Waals surface area contributed by atoms with Gasteiger partial charge in [0.25, 0.3) is 0 Å². The van der Waals surface area contributed by atoms with Crippen LogP contribution >= 0.6 is 0 Å². The molecule has 0 aromatic heterocycles. The molecule has 0 spiro atoms. The Morgan fingerprint density at radius 2 is 2.16 bits per heavy atom. The Hall–Kier alpha value is -0.610. The van der Waals surface area contributed by atoms with Crippen molar-refractivity contribution in [2.45, 2.75) is 77.4 Å². The van der Waals surface area contributed by atoms with E-state index in [9.17, 15) is 4.79 Å². The summed E-state index contributed by atoms with van der Waals surface area (Å²) in [5.74, 6) is -0.288. The zero-order valence-corrected chi connectivity index (χ0v) is 12.9. The van der Waals surface area contributed by atoms with Gasteiger partial charge in [-0.1, -0.05) is 12.8 Å². The molecule has 0 radical (unpaired) electrons. The fourth-order valence-corrected chi connectivity index (χ4v) is 3.06. The molecular formula is C15H30N2O2. The lowest BCUT2D eigenvalue weighted by Crippen LogP contribution is -2.52. The van der Waals surface area contributed by atoms with E-state index in [1.165, 1.54) is 25.7 Å². The number of likely N-dealkylation sites (tertiary alicyclic amines) is 1. The van der Waals surface area contributed by atoms with E-state index in [4.69, 9.17) is 10.5 Å². The maximum Gasteiger partial charge on any atom is 0.325 e. The molecule has 1 rings (SSSR count). The zero-order chi connectivity index (χ0) is 14.5. The van der Waals surface area contributed by atoms with Crippen LogP contribution in [0.15, 0.2) is 0 Å². The minimum atomic E-state index is -0.887. The fraction of sp³-hybridized carbons (Fsp3) is 0.933. The SMILES string of the molecule is CCOC(=O)C(C)(N)CC(C)N1CCCCCC1C. The van der Waals surface area contributed by atoms with Crippen LogP contribution < -0.4 is 5.73 Å². The van der Waals surface area contributed by atoms with Crippen molar-refractivity contribution in [3.05, 3.63) is 0 Å². The van der Waals surface area contributed by atoms with Gasteiger partial charge in [0.05, 0.1) is 6.61 Å². The smallest absolute Gasteiger partial charge is 0.325 e. The van der Waals surface area contributed by atoms with Crippen molar-refractivity contribution in [1.82, 2.24) is 4.90 Å². The maximum absolute atomic E-state index is 11.9. The first-order valence-corrected chi connectivity index (χ1v) is 7.60. The van der Waals surface area contributed by atoms with Gasteiger partial charge < -0.3 is 10.5 Å². The maximum atomic E-state index is 11.9. The summed E-state index contributed by atoms with van der Waals surface area (Å²) in [5, 5.41) is 0. The largest absolute Gasteiger partial charge is 0.465 e. The van der Waals surface area contributed by atoms with Gasteiger partial charge in [-0.3, -0.25) is 9.69 Å². The molecule has 4 heteroatoms. The van der Waals surface area contributed by atoms with Crippen LogP contribution in [0, 0.1) is 0 Å². The molecule has 3 atom stereocenters. The average molecular weight is 270 g/mol. The third-order valence-electron chi connectivity index (χ3n) is 4.13. The van der Waals surface area contributed by atoms with E-state index >= 15 is 0 Å². The molecule has 112 valence electrons. The lowest BCUT2D eigenvalue weighted by Gasteiger charge is -2.36. The molecule has 0 aromatic carbocycles. The van der Waals surface area contributed by atoms with E-state index in [1.54, 1.807) is 6.92 Å². The second-order valence-corrected chi connectivity index (χ2v) is 6.13. The van der Waals surface area contributed by atoms with Crippen molar-refractivity contribution < 1.29 is 9.53 Å². The summed E-state index contributed by atoms with van der Waals surface area (Å²) in [6, 6.07) is 0.892. The molecular weight excluding hydrogens is 240 g/mol. The predicted octanol–water partition coefficient (Wildman–Crippen LogP) is 2.31. The van der Waals surface area contributed by atoms with Gasteiger partial charge in [-0.05, 0) is 53.5 Å². The van der Waals surface area contributed by atoms with E-state index in [1.807, 2.05) is 6.92 Å². The first kappa shape index (κ1) is 16.4. The van der Waals surface area contributed by atoms with Crippen LogP contribution in [0.25, 0.3) is 0 Å². The number of hydrogen-bond donors (Lipinski definition) is 1. The first-order valence-electron chi connectivity index (χ1n) is 7.60. The van der Waals surface area contributed by atoms with Crippen LogP contribution in [-0.4, -0.2) is 41.6 Å². The summed E-state index contributed by atoms with van der Waals surface area (Å²) in [4.78, 5) is 14.4. The fourth-order valence-electron chi connectivity index (χ4n) is 3.06. The Bertz CT molecular complexity index is 292. The molecule has 1 fully saturated rings. The number of nitrogens with zero attached hydrogens (tertiary/aromatic N) is 1. The number of nitrogens with two attached hydrogens (primary N) is 1. The number of carbonyl (C=O) groups is 1. The van der Waals surface area contributed by atoms with E-state index in [2.05, 4.69) is 18.7 Å². The summed E-state index contributed by atoms with van der Waals surface area (Å²) in [6.07, 6.45) is 5.75. The van der Waals surface area contributed by atoms with Gasteiger partial charge in [-0.15, -0.1) is 0 Å². The zero-order valence-electron chi connectivity index (χ0n) is 12.9. The molecule has 4 nitrogen and oxygen atoms in total. The molecule has 0 saturated carbocycles. The average Bonchev–Trinajstić information content (AvgIpc) is 2.53. The lowest BCUT2D eigenvalue weighted by molar-refractivity contribution is -0.149. The highest BCUT2D eigenvalue weighted by Crippen LogP contribution is 2.23. The summed E-state index contributed by atoms with van der Waals surface area (Å²) >= 11 is 0. The Morgan fingerprint density at radius 3 is 2.79 bits per heavy atom. The van der Waals surface area contributed by atoms with Crippen molar-refractivity contribution in [3.63, 3.8) is 0 Å². The molecule has 1 heterocycles. The highest BCUT2D eigenvalue weighted by Gasteiger charge is 2.34. The standard InChI is InChI=1S/C15H30N2O2/c1-5-19-14(18)15(4,16)11-13(3)17-10-8-6-7-9-12(17)2/h12-13H,5-11,16H2,1-4H3. The van der Waals surface area contributed by atoms with Crippen LogP contribution in [0.2, 0.25) is 0 Å². The van der Waals surface area contributed by atoms with Gasteiger partial charge in [0, 0.05) is 12.1 Å². The van der Waals surface area contributed by atoms with Gasteiger partial charge in [0.1, 0.15) is 5.54 Å². The van der Waals surface area contributed by atoms with E-state index in [0.717, 1.165) is 6.54 Å². The minimum absolute atomic E-state index is 0.288. The Labute approximate surface area is 117 Å². The van der Waals surface area contributed by atoms with E-state index in [0.29, 0.717) is 25.1 Å². The third kappa shape index (κ3) is 4.77.